The van der Waals surface area contributed by atoms with E-state index in [-0.39, 0.29) is 19.0 Å². The van der Waals surface area contributed by atoms with Gasteiger partial charge >= 0.3 is 0 Å². The largest absolute Gasteiger partial charge is 0.437 e. The molecule has 0 unspecified atom stereocenters. The van der Waals surface area contributed by atoms with Crippen molar-refractivity contribution < 1.29 is 23.1 Å². The van der Waals surface area contributed by atoms with Crippen LogP contribution in [0, 0.1) is 0 Å². The molecule has 0 fully saturated rings. The summed E-state index contributed by atoms with van der Waals surface area (Å²) in [7, 11) is 0. The zero-order chi connectivity index (χ0) is 15.2. The second kappa shape index (κ2) is 6.94. The molecular formula is C14H14F2N2O3. The Morgan fingerprint density at radius 3 is 2.86 bits per heavy atom. The minimum atomic E-state index is -2.65. The van der Waals surface area contributed by atoms with E-state index < -0.39 is 18.9 Å². The van der Waals surface area contributed by atoms with E-state index in [0.29, 0.717) is 11.1 Å². The van der Waals surface area contributed by atoms with Crippen LogP contribution in [0.2, 0.25) is 0 Å². The number of carbonyl (C=O) groups excluding carboxylic acids is 1. The lowest BCUT2D eigenvalue weighted by molar-refractivity contribution is -0.128. The Morgan fingerprint density at radius 2 is 2.19 bits per heavy atom. The zero-order valence-electron chi connectivity index (χ0n) is 11.1. The summed E-state index contributed by atoms with van der Waals surface area (Å²) < 4.78 is 30.1. The number of carbonyl (C=O) groups is 1. The number of oxazole rings is 1. The van der Waals surface area contributed by atoms with Gasteiger partial charge in [-0.1, -0.05) is 12.1 Å². The summed E-state index contributed by atoms with van der Waals surface area (Å²) >= 11 is 0. The fourth-order valence-corrected chi connectivity index (χ4v) is 1.79. The van der Waals surface area contributed by atoms with Crippen molar-refractivity contribution in [3.63, 3.8) is 0 Å². The van der Waals surface area contributed by atoms with E-state index in [1.165, 1.54) is 6.08 Å². The number of hydrogen-bond donors (Lipinski definition) is 1. The van der Waals surface area contributed by atoms with Crippen LogP contribution in [-0.2, 0) is 4.79 Å². The molecular weight excluding hydrogens is 282 g/mol. The van der Waals surface area contributed by atoms with Gasteiger partial charge in [0.25, 0.3) is 6.43 Å². The van der Waals surface area contributed by atoms with Gasteiger partial charge in [0.2, 0.25) is 11.8 Å². The summed E-state index contributed by atoms with van der Waals surface area (Å²) in [4.78, 5) is 16.8. The van der Waals surface area contributed by atoms with Gasteiger partial charge in [-0.2, -0.15) is 0 Å². The molecule has 112 valence electrons. The van der Waals surface area contributed by atoms with Gasteiger partial charge in [-0.05, 0) is 12.1 Å². The van der Waals surface area contributed by atoms with Crippen LogP contribution in [0.4, 0.5) is 8.78 Å². The average molecular weight is 296 g/mol. The van der Waals surface area contributed by atoms with Gasteiger partial charge in [0.1, 0.15) is 5.52 Å². The van der Waals surface area contributed by atoms with Crippen LogP contribution in [0.15, 0.2) is 34.8 Å². The molecule has 0 bridgehead atoms. The maximum atomic E-state index is 12.3. The van der Waals surface area contributed by atoms with E-state index in [4.69, 9.17) is 9.52 Å². The van der Waals surface area contributed by atoms with Gasteiger partial charge in [0, 0.05) is 18.7 Å². The third kappa shape index (κ3) is 4.09. The molecule has 0 saturated carbocycles. The smallest absolute Gasteiger partial charge is 0.255 e. The predicted octanol–water partition coefficient (Wildman–Crippen LogP) is 1.93. The number of benzene rings is 1. The molecule has 0 atom stereocenters. The number of fused-ring (bicyclic) bond motifs is 1. The predicted molar refractivity (Wildman–Crippen MR) is 72.7 cm³/mol. The van der Waals surface area contributed by atoms with E-state index >= 15 is 0 Å². The van der Waals surface area contributed by atoms with Crippen LogP contribution in [0.5, 0.6) is 0 Å². The van der Waals surface area contributed by atoms with Crippen molar-refractivity contribution in [3.05, 3.63) is 36.2 Å². The average Bonchev–Trinajstić information content (AvgIpc) is 2.86. The summed E-state index contributed by atoms with van der Waals surface area (Å²) in [6.45, 7) is -1.26. The number of amides is 1. The summed E-state index contributed by atoms with van der Waals surface area (Å²) in [6, 6.07) is 7.08. The van der Waals surface area contributed by atoms with Crippen LogP contribution < -0.4 is 0 Å². The van der Waals surface area contributed by atoms with Crippen molar-refractivity contribution in [1.29, 1.82) is 0 Å². The van der Waals surface area contributed by atoms with Gasteiger partial charge in [0.15, 0.2) is 5.58 Å². The number of aliphatic hydroxyl groups is 1. The van der Waals surface area contributed by atoms with Crippen molar-refractivity contribution >= 4 is 23.1 Å². The second-order valence-corrected chi connectivity index (χ2v) is 4.25. The number of rotatable bonds is 6. The molecule has 5 nitrogen and oxygen atoms in total. The Bertz CT molecular complexity index is 607. The van der Waals surface area contributed by atoms with E-state index in [2.05, 4.69) is 4.98 Å². The van der Waals surface area contributed by atoms with Gasteiger partial charge in [-0.3, -0.25) is 4.79 Å². The molecule has 7 heteroatoms. The first kappa shape index (κ1) is 15.1. The molecule has 21 heavy (non-hydrogen) atoms. The zero-order valence-corrected chi connectivity index (χ0v) is 11.1. The van der Waals surface area contributed by atoms with Crippen LogP contribution >= 0.6 is 0 Å². The molecule has 0 aliphatic carbocycles. The Hall–Kier alpha value is -2.28. The third-order valence-electron chi connectivity index (χ3n) is 2.72. The highest BCUT2D eigenvalue weighted by molar-refractivity contribution is 5.91. The number of para-hydroxylation sites is 2. The van der Waals surface area contributed by atoms with Crippen LogP contribution in [-0.4, -0.2) is 47.0 Å². The lowest BCUT2D eigenvalue weighted by Gasteiger charge is -2.19. The monoisotopic (exact) mass is 296 g/mol. The quantitative estimate of drug-likeness (QED) is 0.827. The fraction of sp³-hybridized carbons (Fsp3) is 0.286. The minimum absolute atomic E-state index is 0.152. The van der Waals surface area contributed by atoms with E-state index in [1.807, 2.05) is 0 Å². The summed E-state index contributed by atoms with van der Waals surface area (Å²) in [6.07, 6.45) is -0.237. The second-order valence-electron chi connectivity index (χ2n) is 4.25. The highest BCUT2D eigenvalue weighted by Crippen LogP contribution is 2.15. The Labute approximate surface area is 119 Å². The molecule has 1 heterocycles. The molecule has 0 radical (unpaired) electrons. The standard InChI is InChI=1S/C14H14F2N2O3/c15-12(16)9-18(7-8-19)14(20)6-5-13-17-10-3-1-2-4-11(10)21-13/h1-6,12,19H,7-9H2/b6-5+. The first-order chi connectivity index (χ1) is 10.1. The molecule has 1 aromatic heterocycles. The Balaban J connectivity index is 2.09. The normalized spacial score (nSPS) is 11.6. The summed E-state index contributed by atoms with van der Waals surface area (Å²) in [5, 5.41) is 8.79. The number of halogens is 2. The highest BCUT2D eigenvalue weighted by atomic mass is 19.3. The lowest BCUT2D eigenvalue weighted by atomic mass is 10.3. The molecule has 0 spiro atoms. The topological polar surface area (TPSA) is 66.6 Å². The van der Waals surface area contributed by atoms with Crippen LogP contribution in [0.25, 0.3) is 17.2 Å². The van der Waals surface area contributed by atoms with Crippen molar-refractivity contribution in [3.8, 4) is 0 Å². The first-order valence-corrected chi connectivity index (χ1v) is 6.31. The van der Waals surface area contributed by atoms with E-state index in [1.54, 1.807) is 24.3 Å². The van der Waals surface area contributed by atoms with E-state index in [0.717, 1.165) is 11.0 Å². The summed E-state index contributed by atoms with van der Waals surface area (Å²) in [5.41, 5.74) is 1.22. The molecule has 0 aliphatic rings. The van der Waals surface area contributed by atoms with Gasteiger partial charge in [0.05, 0.1) is 13.2 Å². The number of aromatic nitrogens is 1. The molecule has 2 rings (SSSR count). The van der Waals surface area contributed by atoms with Crippen molar-refractivity contribution in [2.45, 2.75) is 6.43 Å². The van der Waals surface area contributed by atoms with Gasteiger partial charge in [-0.25, -0.2) is 13.8 Å². The summed E-state index contributed by atoms with van der Waals surface area (Å²) in [5.74, 6) is -0.419. The fourth-order valence-electron chi connectivity index (χ4n) is 1.79. The maximum Gasteiger partial charge on any atom is 0.255 e. The van der Waals surface area contributed by atoms with Gasteiger partial charge < -0.3 is 14.4 Å². The Kier molecular flexibility index (Phi) is 4.99. The van der Waals surface area contributed by atoms with Gasteiger partial charge in [-0.15, -0.1) is 0 Å². The SMILES string of the molecule is O=C(/C=C/c1nc2ccccc2o1)N(CCO)CC(F)F. The third-order valence-corrected chi connectivity index (χ3v) is 2.72. The first-order valence-electron chi connectivity index (χ1n) is 6.31. The minimum Gasteiger partial charge on any atom is -0.437 e. The van der Waals surface area contributed by atoms with Crippen LogP contribution in [0.3, 0.4) is 0 Å². The van der Waals surface area contributed by atoms with E-state index in [9.17, 15) is 13.6 Å². The molecule has 0 aliphatic heterocycles. The molecule has 1 aromatic carbocycles. The Morgan fingerprint density at radius 1 is 1.43 bits per heavy atom. The molecule has 0 saturated heterocycles. The van der Waals surface area contributed by atoms with Crippen molar-refractivity contribution in [2.75, 3.05) is 19.7 Å². The van der Waals surface area contributed by atoms with Crippen molar-refractivity contribution in [1.82, 2.24) is 9.88 Å². The number of aliphatic hydroxyl groups excluding tert-OH is 1. The number of nitrogens with zero attached hydrogens (tertiary/aromatic N) is 2. The maximum absolute atomic E-state index is 12.3. The van der Waals surface area contributed by atoms with Crippen molar-refractivity contribution in [2.24, 2.45) is 0 Å². The molecule has 1 amide bonds. The van der Waals surface area contributed by atoms with Crippen LogP contribution in [0.1, 0.15) is 5.89 Å². The highest BCUT2D eigenvalue weighted by Gasteiger charge is 2.15. The number of alkyl halides is 2. The number of hydrogen-bond acceptors (Lipinski definition) is 4. The molecule has 1 N–H and O–H groups in total. The molecule has 2 aromatic rings. The lowest BCUT2D eigenvalue weighted by Crippen LogP contribution is -2.36.